The Morgan fingerprint density at radius 2 is 1.88 bits per heavy atom. The summed E-state index contributed by atoms with van der Waals surface area (Å²) in [7, 11) is 0. The first-order chi connectivity index (χ1) is 11.6. The molecule has 0 aliphatic carbocycles. The molecular weight excluding hydrogens is 352 g/mol. The second-order valence-electron chi connectivity index (χ2n) is 5.03. The number of hydrogen-bond acceptors (Lipinski definition) is 4. The number of carbonyl (C=O) groups is 1. The lowest BCUT2D eigenvalue weighted by Crippen LogP contribution is -2.15. The van der Waals surface area contributed by atoms with E-state index in [1.54, 1.807) is 18.2 Å². The number of nitrogens with one attached hydrogen (secondary N) is 1. The van der Waals surface area contributed by atoms with Gasteiger partial charge >= 0.3 is 6.61 Å². The Morgan fingerprint density at radius 3 is 2.62 bits per heavy atom. The summed E-state index contributed by atoms with van der Waals surface area (Å²) in [6.45, 7) is -2.97. The van der Waals surface area contributed by atoms with Crippen LogP contribution in [0.25, 0.3) is 0 Å². The van der Waals surface area contributed by atoms with Crippen molar-refractivity contribution in [1.82, 2.24) is 0 Å². The van der Waals surface area contributed by atoms with E-state index < -0.39 is 12.5 Å². The van der Waals surface area contributed by atoms with E-state index in [1.165, 1.54) is 12.1 Å². The molecular formula is C17H15F2NO2S2. The Kier molecular flexibility index (Phi) is 5.63. The van der Waals surface area contributed by atoms with Gasteiger partial charge in [0.05, 0.1) is 10.1 Å². The lowest BCUT2D eigenvalue weighted by atomic mass is 10.1. The summed E-state index contributed by atoms with van der Waals surface area (Å²) in [4.78, 5) is 12.4. The number of amides is 1. The second-order valence-corrected chi connectivity index (χ2v) is 7.75. The maximum Gasteiger partial charge on any atom is 0.387 e. The molecule has 1 fully saturated rings. The van der Waals surface area contributed by atoms with Crippen LogP contribution in [0.5, 0.6) is 5.75 Å². The summed E-state index contributed by atoms with van der Waals surface area (Å²) in [5.74, 6) is 1.62. The van der Waals surface area contributed by atoms with E-state index in [1.807, 2.05) is 41.7 Å². The monoisotopic (exact) mass is 367 g/mol. The minimum atomic E-state index is -2.97. The third-order valence-electron chi connectivity index (χ3n) is 3.39. The van der Waals surface area contributed by atoms with Gasteiger partial charge in [-0.25, -0.2) is 0 Å². The molecule has 0 atom stereocenters. The molecule has 0 aromatic heterocycles. The average molecular weight is 367 g/mol. The van der Waals surface area contributed by atoms with Gasteiger partial charge in [-0.3, -0.25) is 4.79 Å². The van der Waals surface area contributed by atoms with Crippen molar-refractivity contribution in [1.29, 1.82) is 0 Å². The number of rotatable bonds is 5. The highest BCUT2D eigenvalue weighted by atomic mass is 32.2. The highest BCUT2D eigenvalue weighted by molar-refractivity contribution is 8.19. The molecule has 1 N–H and O–H groups in total. The molecule has 0 radical (unpaired) electrons. The lowest BCUT2D eigenvalue weighted by molar-refractivity contribution is -0.0501. The fourth-order valence-corrected chi connectivity index (χ4v) is 5.20. The summed E-state index contributed by atoms with van der Waals surface area (Å²) in [6, 6.07) is 13.6. The Balaban J connectivity index is 1.76. The van der Waals surface area contributed by atoms with Gasteiger partial charge in [0.15, 0.2) is 0 Å². The molecule has 3 nitrogen and oxygen atoms in total. The summed E-state index contributed by atoms with van der Waals surface area (Å²) >= 11 is 3.75. The number of para-hydroxylation sites is 1. The first-order valence-corrected chi connectivity index (χ1v) is 9.41. The van der Waals surface area contributed by atoms with Crippen LogP contribution in [0.15, 0.2) is 48.5 Å². The van der Waals surface area contributed by atoms with Crippen LogP contribution < -0.4 is 10.1 Å². The van der Waals surface area contributed by atoms with Gasteiger partial charge in [0, 0.05) is 17.2 Å². The molecule has 24 heavy (non-hydrogen) atoms. The fraction of sp³-hybridized carbons (Fsp3) is 0.235. The van der Waals surface area contributed by atoms with Crippen molar-refractivity contribution < 1.29 is 18.3 Å². The Hall–Kier alpha value is -1.73. The van der Waals surface area contributed by atoms with E-state index in [4.69, 9.17) is 0 Å². The average Bonchev–Trinajstić information content (AvgIpc) is 3.09. The van der Waals surface area contributed by atoms with Gasteiger partial charge in [-0.2, -0.15) is 8.78 Å². The maximum atomic E-state index is 12.5. The van der Waals surface area contributed by atoms with Crippen molar-refractivity contribution in [2.24, 2.45) is 0 Å². The Morgan fingerprint density at radius 1 is 1.12 bits per heavy atom. The highest BCUT2D eigenvalue weighted by Gasteiger charge is 2.19. The third kappa shape index (κ3) is 4.21. The number of hydrogen-bond donors (Lipinski definition) is 1. The number of halogens is 2. The minimum Gasteiger partial charge on any atom is -0.434 e. The molecule has 1 heterocycles. The van der Waals surface area contributed by atoms with Gasteiger partial charge in [-0.1, -0.05) is 24.3 Å². The molecule has 0 saturated carbocycles. The zero-order chi connectivity index (χ0) is 16.9. The van der Waals surface area contributed by atoms with Gasteiger partial charge < -0.3 is 10.1 Å². The predicted molar refractivity (Wildman–Crippen MR) is 95.1 cm³/mol. The minimum absolute atomic E-state index is 0.0767. The molecule has 2 aromatic carbocycles. The number of ether oxygens (including phenoxy) is 1. The van der Waals surface area contributed by atoms with Crippen LogP contribution in [0.2, 0.25) is 0 Å². The number of alkyl halides is 2. The summed E-state index contributed by atoms with van der Waals surface area (Å²) < 4.78 is 29.7. The third-order valence-corrected chi connectivity index (χ3v) is 6.49. The SMILES string of the molecule is O=C(Nc1cccc(C2SCCS2)c1)c1ccccc1OC(F)F. The van der Waals surface area contributed by atoms with E-state index in [0.717, 1.165) is 17.1 Å². The zero-order valence-corrected chi connectivity index (χ0v) is 14.2. The van der Waals surface area contributed by atoms with Crippen LogP contribution in [0.3, 0.4) is 0 Å². The molecule has 126 valence electrons. The Bertz CT molecular complexity index is 721. The molecule has 7 heteroatoms. The molecule has 1 saturated heterocycles. The number of carbonyl (C=O) groups excluding carboxylic acids is 1. The standard InChI is InChI=1S/C17H15F2NO2S2/c18-17(19)22-14-7-2-1-6-13(14)15(21)20-12-5-3-4-11(10-12)16-23-8-9-24-16/h1-7,10,16-17H,8-9H2,(H,20,21). The van der Waals surface area contributed by atoms with Gasteiger partial charge in [0.1, 0.15) is 5.75 Å². The zero-order valence-electron chi connectivity index (χ0n) is 12.6. The molecule has 0 bridgehead atoms. The summed E-state index contributed by atoms with van der Waals surface area (Å²) in [5, 5.41) is 2.75. The molecule has 1 aliphatic rings. The molecule has 1 amide bonds. The molecule has 0 spiro atoms. The molecule has 3 rings (SSSR count). The first-order valence-electron chi connectivity index (χ1n) is 7.32. The van der Waals surface area contributed by atoms with Gasteiger partial charge in [0.2, 0.25) is 0 Å². The van der Waals surface area contributed by atoms with Gasteiger partial charge in [-0.15, -0.1) is 23.5 Å². The molecule has 0 unspecified atom stereocenters. The largest absolute Gasteiger partial charge is 0.434 e. The normalized spacial score (nSPS) is 14.8. The van der Waals surface area contributed by atoms with Gasteiger partial charge in [0.25, 0.3) is 5.91 Å². The summed E-state index contributed by atoms with van der Waals surface area (Å²) in [6.07, 6.45) is 0. The Labute approximate surface area is 147 Å². The van der Waals surface area contributed by atoms with Crippen LogP contribution in [-0.2, 0) is 0 Å². The van der Waals surface area contributed by atoms with Crippen molar-refractivity contribution in [3.63, 3.8) is 0 Å². The van der Waals surface area contributed by atoms with Gasteiger partial charge in [-0.05, 0) is 29.8 Å². The molecule has 2 aromatic rings. The number of thioether (sulfide) groups is 2. The predicted octanol–water partition coefficient (Wildman–Crippen LogP) is 5.02. The van der Waals surface area contributed by atoms with E-state index >= 15 is 0 Å². The highest BCUT2D eigenvalue weighted by Crippen LogP contribution is 2.45. The first kappa shape index (κ1) is 17.1. The van der Waals surface area contributed by atoms with E-state index in [0.29, 0.717) is 10.3 Å². The van der Waals surface area contributed by atoms with E-state index in [9.17, 15) is 13.6 Å². The second kappa shape index (κ2) is 7.90. The molecule has 1 aliphatic heterocycles. The van der Waals surface area contributed by atoms with Crippen molar-refractivity contribution in [3.05, 3.63) is 59.7 Å². The fourth-order valence-electron chi connectivity index (χ4n) is 2.37. The van der Waals surface area contributed by atoms with Crippen LogP contribution in [-0.4, -0.2) is 24.0 Å². The maximum absolute atomic E-state index is 12.5. The van der Waals surface area contributed by atoms with Crippen LogP contribution in [0.1, 0.15) is 20.5 Å². The van der Waals surface area contributed by atoms with Crippen LogP contribution in [0.4, 0.5) is 14.5 Å². The van der Waals surface area contributed by atoms with E-state index in [2.05, 4.69) is 10.1 Å². The van der Waals surface area contributed by atoms with Crippen molar-refractivity contribution in [2.75, 3.05) is 16.8 Å². The number of benzene rings is 2. The quantitative estimate of drug-likeness (QED) is 0.805. The van der Waals surface area contributed by atoms with Crippen molar-refractivity contribution in [3.8, 4) is 5.75 Å². The van der Waals surface area contributed by atoms with E-state index in [-0.39, 0.29) is 11.3 Å². The topological polar surface area (TPSA) is 38.3 Å². The smallest absolute Gasteiger partial charge is 0.387 e. The van der Waals surface area contributed by atoms with Crippen LogP contribution >= 0.6 is 23.5 Å². The van der Waals surface area contributed by atoms with Crippen LogP contribution in [0, 0.1) is 0 Å². The van der Waals surface area contributed by atoms with Crippen molar-refractivity contribution >= 4 is 35.1 Å². The summed E-state index contributed by atoms with van der Waals surface area (Å²) in [5.41, 5.74) is 1.85. The number of anilines is 1. The van der Waals surface area contributed by atoms with Crippen molar-refractivity contribution in [2.45, 2.75) is 11.2 Å². The lowest BCUT2D eigenvalue weighted by Gasteiger charge is -2.13.